The molecule has 1 aromatic heterocycles. The summed E-state index contributed by atoms with van der Waals surface area (Å²) in [6, 6.07) is 2.13. The van der Waals surface area contributed by atoms with E-state index < -0.39 is 5.60 Å². The summed E-state index contributed by atoms with van der Waals surface area (Å²) in [5.41, 5.74) is 1.08. The molecule has 0 unspecified atom stereocenters. The van der Waals surface area contributed by atoms with Crippen LogP contribution in [-0.2, 0) is 9.47 Å². The molecule has 208 valence electrons. The first-order valence-electron chi connectivity index (χ1n) is 15.6. The second kappa shape index (κ2) is 10.6. The van der Waals surface area contributed by atoms with Crippen LogP contribution in [0.25, 0.3) is 0 Å². The van der Waals surface area contributed by atoms with Gasteiger partial charge >= 0.3 is 0 Å². The standard InChI is InChI=1S/C32H51NO4/c1-30-12-8-26(37-21-20-35-18-5-17-33-15-3-4-16-33)22-25(30)6-7-29-28(30)9-13-31(2)27(10-14-32(29,31)34)24-11-19-36-23-24/h11,19,23,25-29,34H,3-10,12-18,20-22H2,1-2H3/t25-,26+,27-,28+,29-,30+,31-,32-/m1/s1. The lowest BCUT2D eigenvalue weighted by Gasteiger charge is -2.63. The second-order valence-electron chi connectivity index (χ2n) is 13.8. The molecule has 0 bridgehead atoms. The van der Waals surface area contributed by atoms with Gasteiger partial charge in [-0.15, -0.1) is 0 Å². The number of nitrogens with zero attached hydrogens (tertiary/aromatic N) is 1. The number of fused-ring (bicyclic) bond motifs is 5. The number of likely N-dealkylation sites (tertiary alicyclic amines) is 1. The van der Waals surface area contributed by atoms with Gasteiger partial charge < -0.3 is 23.9 Å². The van der Waals surface area contributed by atoms with E-state index in [-0.39, 0.29) is 5.41 Å². The molecule has 0 spiro atoms. The Kier molecular flexibility index (Phi) is 7.54. The van der Waals surface area contributed by atoms with E-state index in [9.17, 15) is 5.11 Å². The first-order valence-corrected chi connectivity index (χ1v) is 15.6. The molecule has 5 fully saturated rings. The van der Waals surface area contributed by atoms with E-state index in [0.717, 1.165) is 51.4 Å². The molecule has 8 atom stereocenters. The maximum absolute atomic E-state index is 12.4. The van der Waals surface area contributed by atoms with Crippen LogP contribution in [0, 0.1) is 28.6 Å². The molecule has 37 heavy (non-hydrogen) atoms. The molecule has 2 heterocycles. The Morgan fingerprint density at radius 2 is 1.84 bits per heavy atom. The summed E-state index contributed by atoms with van der Waals surface area (Å²) < 4.78 is 17.7. The van der Waals surface area contributed by atoms with E-state index in [2.05, 4.69) is 24.8 Å². The molecule has 5 nitrogen and oxygen atoms in total. The lowest BCUT2D eigenvalue weighted by Crippen LogP contribution is -2.62. The first kappa shape index (κ1) is 26.3. The predicted octanol–water partition coefficient (Wildman–Crippen LogP) is 6.41. The van der Waals surface area contributed by atoms with Gasteiger partial charge in [0, 0.05) is 18.6 Å². The maximum atomic E-state index is 12.4. The van der Waals surface area contributed by atoms with Crippen LogP contribution in [-0.4, -0.2) is 61.2 Å². The van der Waals surface area contributed by atoms with E-state index in [4.69, 9.17) is 13.9 Å². The molecule has 0 aromatic carbocycles. The molecule has 5 heteroatoms. The van der Waals surface area contributed by atoms with Crippen LogP contribution in [0.3, 0.4) is 0 Å². The summed E-state index contributed by atoms with van der Waals surface area (Å²) >= 11 is 0. The van der Waals surface area contributed by atoms with Gasteiger partial charge in [0.1, 0.15) is 0 Å². The fourth-order valence-corrected chi connectivity index (χ4v) is 10.1. The molecule has 1 aromatic rings. The quantitative estimate of drug-likeness (QED) is 0.387. The van der Waals surface area contributed by atoms with Crippen LogP contribution >= 0.6 is 0 Å². The zero-order chi connectivity index (χ0) is 25.5. The number of aliphatic hydroxyl groups is 1. The number of ether oxygens (including phenoxy) is 2. The third-order valence-electron chi connectivity index (χ3n) is 12.3. The Morgan fingerprint density at radius 3 is 2.65 bits per heavy atom. The highest BCUT2D eigenvalue weighted by Crippen LogP contribution is 2.70. The van der Waals surface area contributed by atoms with Gasteiger partial charge in [0.25, 0.3) is 0 Å². The van der Waals surface area contributed by atoms with Crippen LogP contribution in [0.4, 0.5) is 0 Å². The normalized spacial score (nSPS) is 43.9. The van der Waals surface area contributed by atoms with Gasteiger partial charge in [-0.25, -0.2) is 0 Å². The highest BCUT2D eigenvalue weighted by molar-refractivity contribution is 5.26. The highest BCUT2D eigenvalue weighted by Gasteiger charge is 2.67. The topological polar surface area (TPSA) is 55.1 Å². The van der Waals surface area contributed by atoms with Crippen molar-refractivity contribution in [1.82, 2.24) is 4.90 Å². The average Bonchev–Trinajstić information content (AvgIpc) is 3.65. The van der Waals surface area contributed by atoms with Crippen molar-refractivity contribution in [2.24, 2.45) is 28.6 Å². The largest absolute Gasteiger partial charge is 0.472 e. The third-order valence-corrected chi connectivity index (χ3v) is 12.3. The van der Waals surface area contributed by atoms with E-state index in [1.165, 1.54) is 76.6 Å². The van der Waals surface area contributed by atoms with Crippen LogP contribution in [0.5, 0.6) is 0 Å². The van der Waals surface area contributed by atoms with Crippen molar-refractivity contribution in [3.8, 4) is 0 Å². The Morgan fingerprint density at radius 1 is 0.973 bits per heavy atom. The molecule has 4 saturated carbocycles. The minimum absolute atomic E-state index is 0.0317. The molecule has 1 saturated heterocycles. The lowest BCUT2D eigenvalue weighted by atomic mass is 9.43. The van der Waals surface area contributed by atoms with Gasteiger partial charge in [-0.05, 0) is 131 Å². The Bertz CT molecular complexity index is 883. The molecule has 0 radical (unpaired) electrons. The molecular formula is C32H51NO4. The van der Waals surface area contributed by atoms with Gasteiger partial charge in [0.15, 0.2) is 0 Å². The molecule has 0 amide bonds. The van der Waals surface area contributed by atoms with E-state index >= 15 is 0 Å². The maximum Gasteiger partial charge on any atom is 0.0937 e. The van der Waals surface area contributed by atoms with Crippen LogP contribution < -0.4 is 0 Å². The summed E-state index contributed by atoms with van der Waals surface area (Å²) in [4.78, 5) is 2.56. The zero-order valence-electron chi connectivity index (χ0n) is 23.5. The molecule has 1 N–H and O–H groups in total. The van der Waals surface area contributed by atoms with Crippen LogP contribution in [0.2, 0.25) is 0 Å². The molecule has 1 aliphatic heterocycles. The number of hydrogen-bond donors (Lipinski definition) is 1. The van der Waals surface area contributed by atoms with Gasteiger partial charge in [-0.3, -0.25) is 0 Å². The fraction of sp³-hybridized carbons (Fsp3) is 0.875. The SMILES string of the molecule is C[C@]12CC[C@H](OCCOCCCN3CCCC3)C[C@H]1CC[C@@H]1[C@@H]2CC[C@]2(C)[C@@H](c3ccoc3)CC[C@@]12O. The molecule has 4 aliphatic carbocycles. The lowest BCUT2D eigenvalue weighted by molar-refractivity contribution is -0.207. The van der Waals surface area contributed by atoms with E-state index in [1.54, 1.807) is 6.26 Å². The first-order chi connectivity index (χ1) is 17.9. The van der Waals surface area contributed by atoms with Crippen molar-refractivity contribution < 1.29 is 19.0 Å². The van der Waals surface area contributed by atoms with Gasteiger partial charge in [0.05, 0.1) is 37.4 Å². The monoisotopic (exact) mass is 513 g/mol. The molecular weight excluding hydrogens is 462 g/mol. The summed E-state index contributed by atoms with van der Waals surface area (Å²) in [5.74, 6) is 2.24. The highest BCUT2D eigenvalue weighted by atomic mass is 16.5. The Hall–Kier alpha value is -0.880. The number of hydrogen-bond acceptors (Lipinski definition) is 5. The van der Waals surface area contributed by atoms with Crippen molar-refractivity contribution in [3.05, 3.63) is 24.2 Å². The average molecular weight is 514 g/mol. The van der Waals surface area contributed by atoms with Crippen molar-refractivity contribution >= 4 is 0 Å². The van der Waals surface area contributed by atoms with Crippen LogP contribution in [0.15, 0.2) is 23.0 Å². The van der Waals surface area contributed by atoms with Gasteiger partial charge in [0.2, 0.25) is 0 Å². The summed E-state index contributed by atoms with van der Waals surface area (Å²) in [6.07, 6.45) is 18.5. The summed E-state index contributed by atoms with van der Waals surface area (Å²) in [7, 11) is 0. The summed E-state index contributed by atoms with van der Waals surface area (Å²) in [6.45, 7) is 11.0. The smallest absolute Gasteiger partial charge is 0.0937 e. The third kappa shape index (κ3) is 4.64. The Labute approximate surface area is 224 Å². The van der Waals surface area contributed by atoms with Crippen LogP contribution in [0.1, 0.15) is 102 Å². The van der Waals surface area contributed by atoms with Crippen molar-refractivity contribution in [3.63, 3.8) is 0 Å². The minimum atomic E-state index is -0.536. The second-order valence-corrected chi connectivity index (χ2v) is 13.8. The summed E-state index contributed by atoms with van der Waals surface area (Å²) in [5, 5.41) is 12.4. The molecule has 6 rings (SSSR count). The van der Waals surface area contributed by atoms with Crippen molar-refractivity contribution in [1.29, 1.82) is 0 Å². The zero-order valence-corrected chi connectivity index (χ0v) is 23.5. The number of rotatable bonds is 9. The van der Waals surface area contributed by atoms with E-state index in [1.807, 2.05) is 6.26 Å². The van der Waals surface area contributed by atoms with Crippen molar-refractivity contribution in [2.75, 3.05) is 39.5 Å². The predicted molar refractivity (Wildman–Crippen MR) is 145 cm³/mol. The van der Waals surface area contributed by atoms with Crippen molar-refractivity contribution in [2.45, 2.75) is 109 Å². The Balaban J connectivity index is 1.00. The minimum Gasteiger partial charge on any atom is -0.472 e. The van der Waals surface area contributed by atoms with Gasteiger partial charge in [-0.2, -0.15) is 0 Å². The van der Waals surface area contributed by atoms with E-state index in [0.29, 0.717) is 29.3 Å². The van der Waals surface area contributed by atoms with Gasteiger partial charge in [-0.1, -0.05) is 13.8 Å². The fourth-order valence-electron chi connectivity index (χ4n) is 10.1. The number of furan rings is 1. The molecule has 5 aliphatic rings.